The van der Waals surface area contributed by atoms with E-state index in [2.05, 4.69) is 4.98 Å². The van der Waals surface area contributed by atoms with Gasteiger partial charge in [-0.3, -0.25) is 15.1 Å². The summed E-state index contributed by atoms with van der Waals surface area (Å²) in [5.74, 6) is 0.933. The molecule has 0 fully saturated rings. The van der Waals surface area contributed by atoms with Gasteiger partial charge in [0.25, 0.3) is 5.69 Å². The van der Waals surface area contributed by atoms with Gasteiger partial charge in [0.1, 0.15) is 17.9 Å². The number of non-ortho nitro benzene ring substituents is 1. The van der Waals surface area contributed by atoms with Crippen LogP contribution < -0.4 is 4.74 Å². The molecule has 106 valence electrons. The molecule has 0 unspecified atom stereocenters. The summed E-state index contributed by atoms with van der Waals surface area (Å²) in [5.41, 5.74) is 0.484. The highest BCUT2D eigenvalue weighted by molar-refractivity contribution is 6.17. The Labute approximate surface area is 120 Å². The average molecular weight is 297 g/mol. The molecule has 0 amide bonds. The predicted octanol–water partition coefficient (Wildman–Crippen LogP) is 2.78. The lowest BCUT2D eigenvalue weighted by Gasteiger charge is -2.09. The number of ether oxygens (including phenoxy) is 2. The molecule has 0 atom stereocenters. The SMILES string of the molecule is O=[N+]([O-])c1ccc(OCCOCCCl)c2ncccc12. The Balaban J connectivity index is 2.18. The van der Waals surface area contributed by atoms with E-state index >= 15 is 0 Å². The molecule has 6 nitrogen and oxygen atoms in total. The van der Waals surface area contributed by atoms with Gasteiger partial charge >= 0.3 is 0 Å². The van der Waals surface area contributed by atoms with Crippen molar-refractivity contribution in [2.75, 3.05) is 25.7 Å². The van der Waals surface area contributed by atoms with Gasteiger partial charge < -0.3 is 9.47 Å². The van der Waals surface area contributed by atoms with Crippen LogP contribution in [0.4, 0.5) is 5.69 Å². The molecule has 0 N–H and O–H groups in total. The maximum atomic E-state index is 11.0. The molecule has 2 aromatic rings. The number of halogens is 1. The summed E-state index contributed by atoms with van der Waals surface area (Å²) in [6, 6.07) is 6.27. The normalized spacial score (nSPS) is 10.7. The van der Waals surface area contributed by atoms with E-state index in [0.717, 1.165) is 0 Å². The maximum Gasteiger partial charge on any atom is 0.279 e. The zero-order valence-corrected chi connectivity index (χ0v) is 11.4. The Hall–Kier alpha value is -1.92. The monoisotopic (exact) mass is 296 g/mol. The van der Waals surface area contributed by atoms with Gasteiger partial charge in [0.15, 0.2) is 0 Å². The lowest BCUT2D eigenvalue weighted by Crippen LogP contribution is -2.08. The van der Waals surface area contributed by atoms with Crippen LogP contribution in [0.2, 0.25) is 0 Å². The third kappa shape index (κ3) is 3.34. The summed E-state index contributed by atoms with van der Waals surface area (Å²) in [4.78, 5) is 14.7. The van der Waals surface area contributed by atoms with Crippen LogP contribution in [0.3, 0.4) is 0 Å². The number of pyridine rings is 1. The first-order valence-electron chi connectivity index (χ1n) is 6.02. The number of hydrogen-bond donors (Lipinski definition) is 0. The van der Waals surface area contributed by atoms with Crippen molar-refractivity contribution >= 4 is 28.2 Å². The van der Waals surface area contributed by atoms with E-state index in [1.54, 1.807) is 24.4 Å². The standard InChI is InChI=1S/C13H13ClN2O4/c14-5-7-19-8-9-20-12-4-3-11(16(17)18)10-2-1-6-15-13(10)12/h1-4,6H,5,7-9H2. The number of fused-ring (bicyclic) bond motifs is 1. The van der Waals surface area contributed by atoms with E-state index in [4.69, 9.17) is 21.1 Å². The quantitative estimate of drug-likeness (QED) is 0.340. The number of aromatic nitrogens is 1. The summed E-state index contributed by atoms with van der Waals surface area (Å²) >= 11 is 5.48. The first kappa shape index (κ1) is 14.5. The lowest BCUT2D eigenvalue weighted by atomic mass is 10.1. The van der Waals surface area contributed by atoms with E-state index in [1.807, 2.05) is 0 Å². The van der Waals surface area contributed by atoms with Crippen LogP contribution in [-0.4, -0.2) is 35.6 Å². The Kier molecular flexibility index (Phi) is 5.09. The summed E-state index contributed by atoms with van der Waals surface area (Å²) in [5, 5.41) is 11.4. The topological polar surface area (TPSA) is 74.5 Å². The summed E-state index contributed by atoms with van der Waals surface area (Å²) in [6.45, 7) is 1.20. The largest absolute Gasteiger partial charge is 0.489 e. The number of nitro groups is 1. The van der Waals surface area contributed by atoms with Gasteiger partial charge in [-0.15, -0.1) is 11.6 Å². The fraction of sp³-hybridized carbons (Fsp3) is 0.308. The van der Waals surface area contributed by atoms with Gasteiger partial charge in [-0.2, -0.15) is 0 Å². The van der Waals surface area contributed by atoms with E-state index in [-0.39, 0.29) is 5.69 Å². The number of nitro benzene ring substituents is 1. The minimum absolute atomic E-state index is 0.0128. The summed E-state index contributed by atoms with van der Waals surface area (Å²) in [7, 11) is 0. The smallest absolute Gasteiger partial charge is 0.279 e. The van der Waals surface area contributed by atoms with Crippen molar-refractivity contribution in [1.29, 1.82) is 0 Å². The van der Waals surface area contributed by atoms with Crippen molar-refractivity contribution in [2.45, 2.75) is 0 Å². The average Bonchev–Trinajstić information content (AvgIpc) is 2.46. The molecule has 1 heterocycles. The first-order chi connectivity index (χ1) is 9.74. The Morgan fingerprint density at radius 3 is 2.85 bits per heavy atom. The molecule has 7 heteroatoms. The lowest BCUT2D eigenvalue weighted by molar-refractivity contribution is -0.383. The Morgan fingerprint density at radius 2 is 2.10 bits per heavy atom. The molecule has 0 aliphatic carbocycles. The fourth-order valence-corrected chi connectivity index (χ4v) is 1.88. The fourth-order valence-electron chi connectivity index (χ4n) is 1.77. The van der Waals surface area contributed by atoms with Gasteiger partial charge in [0, 0.05) is 18.1 Å². The van der Waals surface area contributed by atoms with Gasteiger partial charge in [-0.05, 0) is 18.2 Å². The van der Waals surface area contributed by atoms with Gasteiger partial charge in [-0.1, -0.05) is 0 Å². The first-order valence-corrected chi connectivity index (χ1v) is 6.56. The van der Waals surface area contributed by atoms with Crippen molar-refractivity contribution in [3.05, 3.63) is 40.6 Å². The van der Waals surface area contributed by atoms with Crippen LogP contribution >= 0.6 is 11.6 Å². The molecule has 2 rings (SSSR count). The van der Waals surface area contributed by atoms with Crippen molar-refractivity contribution in [1.82, 2.24) is 4.98 Å². The van der Waals surface area contributed by atoms with E-state index in [9.17, 15) is 10.1 Å². The third-order valence-corrected chi connectivity index (χ3v) is 2.77. The molecule has 0 saturated carbocycles. The predicted molar refractivity (Wildman–Crippen MR) is 75.4 cm³/mol. The molecule has 20 heavy (non-hydrogen) atoms. The summed E-state index contributed by atoms with van der Waals surface area (Å²) < 4.78 is 10.7. The number of hydrogen-bond acceptors (Lipinski definition) is 5. The van der Waals surface area contributed by atoms with Gasteiger partial charge in [-0.25, -0.2) is 0 Å². The van der Waals surface area contributed by atoms with Crippen LogP contribution in [0, 0.1) is 10.1 Å². The van der Waals surface area contributed by atoms with E-state index < -0.39 is 4.92 Å². The second kappa shape index (κ2) is 7.02. The van der Waals surface area contributed by atoms with E-state index in [0.29, 0.717) is 42.4 Å². The van der Waals surface area contributed by atoms with E-state index in [1.165, 1.54) is 6.07 Å². The number of alkyl halides is 1. The molecule has 0 aliphatic rings. The zero-order chi connectivity index (χ0) is 14.4. The van der Waals surface area contributed by atoms with Crippen molar-refractivity contribution in [2.24, 2.45) is 0 Å². The molecule has 0 radical (unpaired) electrons. The Bertz CT molecular complexity index is 606. The molecular formula is C13H13ClN2O4. The molecule has 0 bridgehead atoms. The number of rotatable bonds is 7. The maximum absolute atomic E-state index is 11.0. The van der Waals surface area contributed by atoms with Crippen molar-refractivity contribution in [3.8, 4) is 5.75 Å². The second-order valence-electron chi connectivity index (χ2n) is 3.89. The van der Waals surface area contributed by atoms with Gasteiger partial charge in [0.05, 0.1) is 23.5 Å². The zero-order valence-electron chi connectivity index (χ0n) is 10.6. The highest BCUT2D eigenvalue weighted by Gasteiger charge is 2.15. The van der Waals surface area contributed by atoms with Crippen molar-refractivity contribution < 1.29 is 14.4 Å². The van der Waals surface area contributed by atoms with Crippen LogP contribution in [0.5, 0.6) is 5.75 Å². The molecule has 0 saturated heterocycles. The third-order valence-electron chi connectivity index (χ3n) is 2.61. The van der Waals surface area contributed by atoms with Gasteiger partial charge in [0.2, 0.25) is 0 Å². The van der Waals surface area contributed by atoms with Crippen LogP contribution in [0.25, 0.3) is 10.9 Å². The number of benzene rings is 1. The molecule has 1 aromatic heterocycles. The van der Waals surface area contributed by atoms with Crippen molar-refractivity contribution in [3.63, 3.8) is 0 Å². The molecule has 0 spiro atoms. The second-order valence-corrected chi connectivity index (χ2v) is 4.27. The van der Waals surface area contributed by atoms with Crippen LogP contribution in [0.1, 0.15) is 0 Å². The minimum atomic E-state index is -0.433. The Morgan fingerprint density at radius 1 is 1.25 bits per heavy atom. The van der Waals surface area contributed by atoms with Crippen LogP contribution in [-0.2, 0) is 4.74 Å². The highest BCUT2D eigenvalue weighted by Crippen LogP contribution is 2.31. The van der Waals surface area contributed by atoms with Crippen LogP contribution in [0.15, 0.2) is 30.5 Å². The molecule has 1 aromatic carbocycles. The minimum Gasteiger partial charge on any atom is -0.489 e. The summed E-state index contributed by atoms with van der Waals surface area (Å²) in [6.07, 6.45) is 1.57. The highest BCUT2D eigenvalue weighted by atomic mass is 35.5. The molecular weight excluding hydrogens is 284 g/mol. The number of nitrogens with zero attached hydrogens (tertiary/aromatic N) is 2. The molecule has 0 aliphatic heterocycles.